The van der Waals surface area contributed by atoms with Gasteiger partial charge in [0, 0.05) is 12.6 Å². The Labute approximate surface area is 110 Å². The van der Waals surface area contributed by atoms with Crippen molar-refractivity contribution in [2.24, 2.45) is 5.73 Å². The molecule has 19 heavy (non-hydrogen) atoms. The molecule has 0 unspecified atom stereocenters. The molecule has 1 aromatic carbocycles. The normalized spacial score (nSPS) is 9.21. The van der Waals surface area contributed by atoms with Crippen molar-refractivity contribution in [1.82, 2.24) is 10.6 Å². The van der Waals surface area contributed by atoms with Gasteiger partial charge in [-0.25, -0.2) is 4.39 Å². The van der Waals surface area contributed by atoms with Crippen molar-refractivity contribution in [2.45, 2.75) is 0 Å². The minimum absolute atomic E-state index is 0.137. The van der Waals surface area contributed by atoms with E-state index in [1.54, 1.807) is 0 Å². The monoisotopic (exact) mass is 263 g/mol. The number of nitrogens with one attached hydrogen (secondary N) is 2. The van der Waals surface area contributed by atoms with E-state index in [1.807, 2.05) is 0 Å². The lowest BCUT2D eigenvalue weighted by Crippen LogP contribution is -2.35. The minimum atomic E-state index is -0.696. The molecule has 0 aromatic heterocycles. The third kappa shape index (κ3) is 4.41. The summed E-state index contributed by atoms with van der Waals surface area (Å²) >= 11 is 0. The maximum Gasteiger partial charge on any atom is 0.254 e. The van der Waals surface area contributed by atoms with Crippen molar-refractivity contribution in [1.29, 1.82) is 0 Å². The molecular weight excluding hydrogens is 249 g/mol. The van der Waals surface area contributed by atoms with E-state index in [1.165, 1.54) is 19.2 Å². The first kappa shape index (κ1) is 14.7. The number of nitrogens with two attached hydrogens (primary N) is 1. The summed E-state index contributed by atoms with van der Waals surface area (Å²) in [4.78, 5) is 22.6. The van der Waals surface area contributed by atoms with Gasteiger partial charge in [0.05, 0.1) is 18.7 Å². The first-order chi connectivity index (χ1) is 9.08. The molecule has 0 saturated heterocycles. The Morgan fingerprint density at radius 3 is 2.74 bits per heavy atom. The van der Waals surface area contributed by atoms with Gasteiger partial charge in [-0.1, -0.05) is 11.8 Å². The molecule has 1 rings (SSSR count). The molecule has 0 atom stereocenters. The predicted molar refractivity (Wildman–Crippen MR) is 68.7 cm³/mol. The number of hydrogen-bond donors (Lipinski definition) is 3. The zero-order chi connectivity index (χ0) is 14.3. The second-order valence-electron chi connectivity index (χ2n) is 3.56. The van der Waals surface area contributed by atoms with Gasteiger partial charge < -0.3 is 16.4 Å². The highest BCUT2D eigenvalue weighted by atomic mass is 19.1. The van der Waals surface area contributed by atoms with E-state index >= 15 is 0 Å². The van der Waals surface area contributed by atoms with Crippen molar-refractivity contribution < 1.29 is 14.0 Å². The molecule has 0 spiro atoms. The smallest absolute Gasteiger partial charge is 0.254 e. The summed E-state index contributed by atoms with van der Waals surface area (Å²) in [5.41, 5.74) is 5.50. The van der Waals surface area contributed by atoms with Crippen LogP contribution in [0.3, 0.4) is 0 Å². The molecule has 4 N–H and O–H groups in total. The van der Waals surface area contributed by atoms with Gasteiger partial charge in [0.25, 0.3) is 5.91 Å². The fourth-order valence-corrected chi connectivity index (χ4v) is 1.27. The summed E-state index contributed by atoms with van der Waals surface area (Å²) in [5, 5.41) is 4.65. The molecule has 0 saturated carbocycles. The van der Waals surface area contributed by atoms with E-state index in [2.05, 4.69) is 22.5 Å². The molecule has 5 nitrogen and oxygen atoms in total. The van der Waals surface area contributed by atoms with Gasteiger partial charge in [-0.2, -0.15) is 0 Å². The Hall–Kier alpha value is -2.39. The average molecular weight is 263 g/mol. The summed E-state index contributed by atoms with van der Waals surface area (Å²) < 4.78 is 13.7. The SMILES string of the molecule is CNC(=O)CNC(=O)c1ccc(C#CCN)cc1F. The van der Waals surface area contributed by atoms with Crippen LogP contribution in [0.4, 0.5) is 4.39 Å². The van der Waals surface area contributed by atoms with E-state index in [4.69, 9.17) is 5.73 Å². The van der Waals surface area contributed by atoms with Gasteiger partial charge in [0.1, 0.15) is 5.82 Å². The molecule has 6 heteroatoms. The van der Waals surface area contributed by atoms with Crippen LogP contribution in [0.5, 0.6) is 0 Å². The van der Waals surface area contributed by atoms with Crippen LogP contribution in [0.1, 0.15) is 15.9 Å². The lowest BCUT2D eigenvalue weighted by molar-refractivity contribution is -0.119. The van der Waals surface area contributed by atoms with Gasteiger partial charge in [-0.3, -0.25) is 9.59 Å². The molecule has 2 amide bonds. The molecule has 0 heterocycles. The Balaban J connectivity index is 2.78. The number of rotatable bonds is 3. The van der Waals surface area contributed by atoms with Crippen LogP contribution in [0.15, 0.2) is 18.2 Å². The van der Waals surface area contributed by atoms with Crippen LogP contribution in [0, 0.1) is 17.7 Å². The van der Waals surface area contributed by atoms with Crippen molar-refractivity contribution in [3.63, 3.8) is 0 Å². The number of halogens is 1. The molecule has 0 aliphatic carbocycles. The van der Waals surface area contributed by atoms with Gasteiger partial charge in [-0.15, -0.1) is 0 Å². The van der Waals surface area contributed by atoms with Crippen molar-refractivity contribution in [3.05, 3.63) is 35.1 Å². The van der Waals surface area contributed by atoms with Crippen LogP contribution >= 0.6 is 0 Å². The molecule has 0 aliphatic rings. The van der Waals surface area contributed by atoms with Crippen LogP contribution in [0.2, 0.25) is 0 Å². The van der Waals surface area contributed by atoms with E-state index in [0.29, 0.717) is 5.56 Å². The molecule has 0 fully saturated rings. The molecule has 1 aromatic rings. The Bertz CT molecular complexity index is 547. The van der Waals surface area contributed by atoms with E-state index in [9.17, 15) is 14.0 Å². The number of amides is 2. The second kappa shape index (κ2) is 7.13. The molecule has 0 radical (unpaired) electrons. The van der Waals surface area contributed by atoms with Crippen LogP contribution < -0.4 is 16.4 Å². The Morgan fingerprint density at radius 1 is 1.42 bits per heavy atom. The fourth-order valence-electron chi connectivity index (χ4n) is 1.27. The van der Waals surface area contributed by atoms with Crippen LogP contribution in [0.25, 0.3) is 0 Å². The quantitative estimate of drug-likeness (QED) is 0.649. The van der Waals surface area contributed by atoms with Crippen molar-refractivity contribution in [3.8, 4) is 11.8 Å². The minimum Gasteiger partial charge on any atom is -0.358 e. The summed E-state index contributed by atoms with van der Waals surface area (Å²) in [7, 11) is 1.44. The highest BCUT2D eigenvalue weighted by Gasteiger charge is 2.12. The van der Waals surface area contributed by atoms with E-state index in [0.717, 1.165) is 6.07 Å². The zero-order valence-electron chi connectivity index (χ0n) is 10.4. The third-order valence-electron chi connectivity index (χ3n) is 2.24. The van der Waals surface area contributed by atoms with Gasteiger partial charge in [0.15, 0.2) is 0 Å². The summed E-state index contributed by atoms with van der Waals surface area (Å²) in [6.07, 6.45) is 0. The first-order valence-corrected chi connectivity index (χ1v) is 5.55. The summed E-state index contributed by atoms with van der Waals surface area (Å²) in [5.74, 6) is 3.53. The second-order valence-corrected chi connectivity index (χ2v) is 3.56. The maximum atomic E-state index is 13.7. The largest absolute Gasteiger partial charge is 0.358 e. The van der Waals surface area contributed by atoms with E-state index in [-0.39, 0.29) is 24.6 Å². The summed E-state index contributed by atoms with van der Waals surface area (Å²) in [6, 6.07) is 3.98. The zero-order valence-corrected chi connectivity index (χ0v) is 10.4. The third-order valence-corrected chi connectivity index (χ3v) is 2.24. The molecule has 0 aliphatic heterocycles. The van der Waals surface area contributed by atoms with Crippen molar-refractivity contribution in [2.75, 3.05) is 20.1 Å². The van der Waals surface area contributed by atoms with Gasteiger partial charge >= 0.3 is 0 Å². The maximum absolute atomic E-state index is 13.7. The van der Waals surface area contributed by atoms with Crippen LogP contribution in [-0.4, -0.2) is 32.0 Å². The number of benzene rings is 1. The van der Waals surface area contributed by atoms with Crippen molar-refractivity contribution >= 4 is 11.8 Å². The predicted octanol–water partition coefficient (Wildman–Crippen LogP) is -0.388. The highest BCUT2D eigenvalue weighted by Crippen LogP contribution is 2.09. The number of likely N-dealkylation sites (N-methyl/N-ethyl adjacent to an activating group) is 1. The number of carbonyl (C=O) groups excluding carboxylic acids is 2. The topological polar surface area (TPSA) is 84.2 Å². The van der Waals surface area contributed by atoms with E-state index < -0.39 is 11.7 Å². The lowest BCUT2D eigenvalue weighted by atomic mass is 10.1. The average Bonchev–Trinajstić information content (AvgIpc) is 2.42. The van der Waals surface area contributed by atoms with Gasteiger partial charge in [0.2, 0.25) is 5.91 Å². The fraction of sp³-hybridized carbons (Fsp3) is 0.231. The Morgan fingerprint density at radius 2 is 2.16 bits per heavy atom. The van der Waals surface area contributed by atoms with Gasteiger partial charge in [-0.05, 0) is 18.2 Å². The first-order valence-electron chi connectivity index (χ1n) is 5.55. The highest BCUT2D eigenvalue weighted by molar-refractivity contribution is 5.96. The number of carbonyl (C=O) groups is 2. The Kier molecular flexibility index (Phi) is 5.51. The lowest BCUT2D eigenvalue weighted by Gasteiger charge is -2.05. The summed E-state index contributed by atoms with van der Waals surface area (Å²) in [6.45, 7) is -0.0283. The molecular formula is C13H14FN3O2. The molecule has 100 valence electrons. The standard InChI is InChI=1S/C13H14FN3O2/c1-16-12(18)8-17-13(19)10-5-4-9(3-2-6-15)7-11(10)14/h4-5,7H,6,8,15H2,1H3,(H,16,18)(H,17,19). The molecule has 0 bridgehead atoms. The van der Waals surface area contributed by atoms with Crippen LogP contribution in [-0.2, 0) is 4.79 Å². The number of hydrogen-bond acceptors (Lipinski definition) is 3.